The molecule has 0 unspecified atom stereocenters. The average Bonchev–Trinajstić information content (AvgIpc) is 2.92. The zero-order valence-electron chi connectivity index (χ0n) is 11.5. The number of rotatable bonds is 5. The molecule has 0 fully saturated rings. The van der Waals surface area contributed by atoms with Crippen molar-refractivity contribution in [3.63, 3.8) is 0 Å². The zero-order valence-corrected chi connectivity index (χ0v) is 13.1. The normalized spacial score (nSPS) is 11.6. The van der Waals surface area contributed by atoms with Crippen LogP contribution in [0.5, 0.6) is 5.75 Å². The van der Waals surface area contributed by atoms with Crippen molar-refractivity contribution in [2.45, 2.75) is 25.3 Å². The van der Waals surface area contributed by atoms with Crippen LogP contribution in [0.3, 0.4) is 0 Å². The molecule has 0 saturated heterocycles. The van der Waals surface area contributed by atoms with Crippen LogP contribution in [0, 0.1) is 13.8 Å². The third-order valence-electron chi connectivity index (χ3n) is 2.88. The lowest BCUT2D eigenvalue weighted by Gasteiger charge is -2.12. The first-order valence-electron chi connectivity index (χ1n) is 5.97. The molecule has 0 amide bonds. The van der Waals surface area contributed by atoms with Crippen LogP contribution in [-0.2, 0) is 16.6 Å². The SMILES string of the molecule is COc1cc(C)c(S(=O)(=O)NCc2nccs2)cc1C. The summed E-state index contributed by atoms with van der Waals surface area (Å²) in [6, 6.07) is 3.35. The summed E-state index contributed by atoms with van der Waals surface area (Å²) in [5, 5.41) is 2.54. The van der Waals surface area contributed by atoms with E-state index in [2.05, 4.69) is 9.71 Å². The number of thiazole rings is 1. The highest BCUT2D eigenvalue weighted by Gasteiger charge is 2.18. The van der Waals surface area contributed by atoms with Gasteiger partial charge < -0.3 is 4.74 Å². The molecule has 0 spiro atoms. The summed E-state index contributed by atoms with van der Waals surface area (Å²) in [5.74, 6) is 0.682. The fraction of sp³-hybridized carbons (Fsp3) is 0.308. The lowest BCUT2D eigenvalue weighted by Crippen LogP contribution is -2.24. The summed E-state index contributed by atoms with van der Waals surface area (Å²) in [6.07, 6.45) is 1.65. The van der Waals surface area contributed by atoms with Crippen molar-refractivity contribution in [3.8, 4) is 5.75 Å². The topological polar surface area (TPSA) is 68.3 Å². The minimum atomic E-state index is -3.55. The van der Waals surface area contributed by atoms with Gasteiger partial charge in [-0.1, -0.05) is 0 Å². The maximum absolute atomic E-state index is 12.3. The van der Waals surface area contributed by atoms with Gasteiger partial charge in [0.2, 0.25) is 10.0 Å². The number of methoxy groups -OCH3 is 1. The smallest absolute Gasteiger partial charge is 0.241 e. The Kier molecular flexibility index (Phi) is 4.42. The summed E-state index contributed by atoms with van der Waals surface area (Å²) in [5.41, 5.74) is 1.44. The average molecular weight is 312 g/mol. The molecule has 0 aliphatic carbocycles. The van der Waals surface area contributed by atoms with Crippen LogP contribution in [-0.4, -0.2) is 20.5 Å². The van der Waals surface area contributed by atoms with E-state index in [1.165, 1.54) is 11.3 Å². The van der Waals surface area contributed by atoms with E-state index in [0.29, 0.717) is 11.3 Å². The zero-order chi connectivity index (χ0) is 14.8. The Labute approximate surface area is 122 Å². The van der Waals surface area contributed by atoms with Crippen LogP contribution >= 0.6 is 11.3 Å². The maximum atomic E-state index is 12.3. The third kappa shape index (κ3) is 3.17. The second-order valence-corrected chi connectivity index (χ2v) is 7.05. The van der Waals surface area contributed by atoms with Crippen LogP contribution < -0.4 is 9.46 Å². The quantitative estimate of drug-likeness (QED) is 0.919. The molecule has 0 bridgehead atoms. The Morgan fingerprint density at radius 1 is 1.30 bits per heavy atom. The van der Waals surface area contributed by atoms with Crippen molar-refractivity contribution in [1.29, 1.82) is 0 Å². The highest BCUT2D eigenvalue weighted by atomic mass is 32.2. The second-order valence-electron chi connectivity index (χ2n) is 4.34. The minimum absolute atomic E-state index is 0.199. The molecule has 0 aliphatic rings. The largest absolute Gasteiger partial charge is 0.496 e. The van der Waals surface area contributed by atoms with E-state index >= 15 is 0 Å². The van der Waals surface area contributed by atoms with Gasteiger partial charge in [0.25, 0.3) is 0 Å². The Morgan fingerprint density at radius 3 is 2.65 bits per heavy atom. The molecule has 0 saturated carbocycles. The number of nitrogens with zero attached hydrogens (tertiary/aromatic N) is 1. The van der Waals surface area contributed by atoms with Crippen molar-refractivity contribution < 1.29 is 13.2 Å². The number of hydrogen-bond donors (Lipinski definition) is 1. The first-order chi connectivity index (χ1) is 9.44. The lowest BCUT2D eigenvalue weighted by atomic mass is 10.1. The third-order valence-corrected chi connectivity index (χ3v) is 5.20. The molecule has 0 atom stereocenters. The lowest BCUT2D eigenvalue weighted by molar-refractivity contribution is 0.411. The predicted molar refractivity (Wildman–Crippen MR) is 78.6 cm³/mol. The van der Waals surface area contributed by atoms with Crippen LogP contribution in [0.4, 0.5) is 0 Å². The van der Waals surface area contributed by atoms with Gasteiger partial charge in [-0.2, -0.15) is 0 Å². The fourth-order valence-corrected chi connectivity index (χ4v) is 3.79. The molecule has 1 aromatic carbocycles. The van der Waals surface area contributed by atoms with Gasteiger partial charge in [0.15, 0.2) is 0 Å². The van der Waals surface area contributed by atoms with Crippen LogP contribution in [0.2, 0.25) is 0 Å². The molecule has 0 radical (unpaired) electrons. The molecule has 2 aromatic rings. The molecule has 1 aromatic heterocycles. The Balaban J connectivity index is 2.27. The van der Waals surface area contributed by atoms with E-state index in [1.54, 1.807) is 32.4 Å². The molecule has 5 nitrogen and oxygen atoms in total. The highest BCUT2D eigenvalue weighted by molar-refractivity contribution is 7.89. The standard InChI is InChI=1S/C13H16N2O3S2/c1-9-7-12(10(2)6-11(9)18-3)20(16,17)15-8-13-14-4-5-19-13/h4-7,15H,8H2,1-3H3. The van der Waals surface area contributed by atoms with Crippen molar-refractivity contribution >= 4 is 21.4 Å². The molecular formula is C13H16N2O3S2. The highest BCUT2D eigenvalue weighted by Crippen LogP contribution is 2.25. The van der Waals surface area contributed by atoms with Crippen molar-refractivity contribution in [3.05, 3.63) is 39.8 Å². The van der Waals surface area contributed by atoms with Crippen molar-refractivity contribution in [1.82, 2.24) is 9.71 Å². The molecule has 20 heavy (non-hydrogen) atoms. The summed E-state index contributed by atoms with van der Waals surface area (Å²) in [6.45, 7) is 3.77. The number of ether oxygens (including phenoxy) is 1. The Hall–Kier alpha value is -1.44. The molecule has 108 valence electrons. The van der Waals surface area contributed by atoms with Gasteiger partial charge in [0.05, 0.1) is 18.6 Å². The van der Waals surface area contributed by atoms with E-state index in [1.807, 2.05) is 12.3 Å². The Morgan fingerprint density at radius 2 is 2.05 bits per heavy atom. The van der Waals surface area contributed by atoms with Crippen molar-refractivity contribution in [2.75, 3.05) is 7.11 Å². The number of aryl methyl sites for hydroxylation is 2. The van der Waals surface area contributed by atoms with E-state index in [9.17, 15) is 8.42 Å². The molecule has 0 aliphatic heterocycles. The second kappa shape index (κ2) is 5.90. The molecule has 1 N–H and O–H groups in total. The van der Waals surface area contributed by atoms with Crippen molar-refractivity contribution in [2.24, 2.45) is 0 Å². The molecule has 7 heteroatoms. The first-order valence-corrected chi connectivity index (χ1v) is 8.33. The number of aromatic nitrogens is 1. The van der Waals surface area contributed by atoms with Gasteiger partial charge in [-0.25, -0.2) is 18.1 Å². The van der Waals surface area contributed by atoms with Crippen LogP contribution in [0.15, 0.2) is 28.6 Å². The number of nitrogens with one attached hydrogen (secondary N) is 1. The van der Waals surface area contributed by atoms with E-state index in [-0.39, 0.29) is 11.4 Å². The van der Waals surface area contributed by atoms with Crippen LogP contribution in [0.1, 0.15) is 16.1 Å². The summed E-state index contributed by atoms with van der Waals surface area (Å²) in [4.78, 5) is 4.32. The van der Waals surface area contributed by atoms with Gasteiger partial charge in [-0.05, 0) is 37.1 Å². The van der Waals surface area contributed by atoms with E-state index < -0.39 is 10.0 Å². The number of sulfonamides is 1. The summed E-state index contributed by atoms with van der Waals surface area (Å²) >= 11 is 1.41. The molecule has 2 rings (SSSR count). The van der Waals surface area contributed by atoms with Gasteiger partial charge in [0.1, 0.15) is 10.8 Å². The van der Waals surface area contributed by atoms with Gasteiger partial charge in [0, 0.05) is 11.6 Å². The summed E-state index contributed by atoms with van der Waals surface area (Å²) in [7, 11) is -1.99. The van der Waals surface area contributed by atoms with Gasteiger partial charge >= 0.3 is 0 Å². The monoisotopic (exact) mass is 312 g/mol. The maximum Gasteiger partial charge on any atom is 0.241 e. The molecule has 1 heterocycles. The summed E-state index contributed by atoms with van der Waals surface area (Å²) < 4.78 is 32.4. The molecular weight excluding hydrogens is 296 g/mol. The first kappa shape index (κ1) is 15.0. The van der Waals surface area contributed by atoms with E-state index in [0.717, 1.165) is 10.6 Å². The van der Waals surface area contributed by atoms with Gasteiger partial charge in [-0.3, -0.25) is 0 Å². The van der Waals surface area contributed by atoms with E-state index in [4.69, 9.17) is 4.74 Å². The minimum Gasteiger partial charge on any atom is -0.496 e. The fourth-order valence-electron chi connectivity index (χ4n) is 1.85. The van der Waals surface area contributed by atoms with Gasteiger partial charge in [-0.15, -0.1) is 11.3 Å². The number of hydrogen-bond acceptors (Lipinski definition) is 5. The Bertz CT molecular complexity index is 695. The number of benzene rings is 1. The predicted octanol–water partition coefficient (Wildman–Crippen LogP) is 2.25. The van der Waals surface area contributed by atoms with Crippen LogP contribution in [0.25, 0.3) is 0 Å².